The fraction of sp³-hybridized carbons (Fsp3) is 0.154. The highest BCUT2D eigenvalue weighted by Gasteiger charge is 2.20. The number of nitro benzene ring substituents is 1. The Bertz CT molecular complexity index is 688. The first-order valence-corrected chi connectivity index (χ1v) is 7.23. The monoisotopic (exact) mass is 325 g/mol. The van der Waals surface area contributed by atoms with Crippen LogP contribution < -0.4 is 11.1 Å². The lowest BCUT2D eigenvalue weighted by molar-refractivity contribution is -0.384. The van der Waals surface area contributed by atoms with Gasteiger partial charge in [0, 0.05) is 17.0 Å². The Morgan fingerprint density at radius 2 is 2.24 bits per heavy atom. The number of carbonyl (C=O) groups excluding carboxylic acids is 1. The van der Waals surface area contributed by atoms with E-state index < -0.39 is 10.8 Å². The van der Waals surface area contributed by atoms with E-state index in [2.05, 4.69) is 5.32 Å². The lowest BCUT2D eigenvalue weighted by Crippen LogP contribution is -2.27. The highest BCUT2D eigenvalue weighted by Crippen LogP contribution is 2.29. The lowest BCUT2D eigenvalue weighted by Gasteiger charge is -2.13. The molecule has 0 saturated carbocycles. The maximum Gasteiger partial charge on any atom is 0.271 e. The number of nitro groups is 1. The summed E-state index contributed by atoms with van der Waals surface area (Å²) in [7, 11) is 0. The predicted molar refractivity (Wildman–Crippen MR) is 82.7 cm³/mol. The van der Waals surface area contributed by atoms with E-state index in [0.29, 0.717) is 0 Å². The van der Waals surface area contributed by atoms with Gasteiger partial charge in [0.2, 0.25) is 0 Å². The second-order valence-corrected chi connectivity index (χ2v) is 5.74. The number of non-ortho nitro benzene ring substituents is 1. The second-order valence-electron chi connectivity index (χ2n) is 4.36. The van der Waals surface area contributed by atoms with Crippen molar-refractivity contribution in [2.45, 2.75) is 13.0 Å². The minimum atomic E-state index is -0.620. The molecule has 2 aromatic rings. The summed E-state index contributed by atoms with van der Waals surface area (Å²) in [6, 6.07) is 5.78. The zero-order valence-corrected chi connectivity index (χ0v) is 12.6. The molecule has 0 aliphatic carbocycles. The number of thiophene rings is 1. The van der Waals surface area contributed by atoms with Crippen molar-refractivity contribution in [2.24, 2.45) is 0 Å². The number of nitrogens with one attached hydrogen (secondary N) is 1. The van der Waals surface area contributed by atoms with E-state index in [-0.39, 0.29) is 28.0 Å². The van der Waals surface area contributed by atoms with E-state index in [1.165, 1.54) is 11.3 Å². The Balaban J connectivity index is 2.28. The summed E-state index contributed by atoms with van der Waals surface area (Å²) in [5.41, 5.74) is 5.48. The van der Waals surface area contributed by atoms with Crippen LogP contribution in [0.5, 0.6) is 0 Å². The molecule has 3 N–H and O–H groups in total. The summed E-state index contributed by atoms with van der Waals surface area (Å²) in [5.74, 6) is -0.501. The summed E-state index contributed by atoms with van der Waals surface area (Å²) in [6.07, 6.45) is 0. The molecule has 1 unspecified atom stereocenters. The number of nitrogen functional groups attached to an aromatic ring is 1. The maximum absolute atomic E-state index is 12.2. The van der Waals surface area contributed by atoms with Gasteiger partial charge in [0.05, 0.1) is 27.2 Å². The lowest BCUT2D eigenvalue weighted by atomic mass is 10.1. The van der Waals surface area contributed by atoms with Gasteiger partial charge in [-0.3, -0.25) is 14.9 Å². The van der Waals surface area contributed by atoms with Crippen molar-refractivity contribution in [2.75, 3.05) is 5.73 Å². The summed E-state index contributed by atoms with van der Waals surface area (Å²) in [5, 5.41) is 15.5. The normalized spacial score (nSPS) is 11.9. The predicted octanol–water partition coefficient (Wildman–Crippen LogP) is 3.38. The zero-order chi connectivity index (χ0) is 15.6. The third-order valence-electron chi connectivity index (χ3n) is 2.89. The van der Waals surface area contributed by atoms with Crippen molar-refractivity contribution in [3.8, 4) is 0 Å². The fourth-order valence-electron chi connectivity index (χ4n) is 1.78. The van der Waals surface area contributed by atoms with E-state index in [9.17, 15) is 14.9 Å². The Morgan fingerprint density at radius 3 is 2.81 bits per heavy atom. The minimum Gasteiger partial charge on any atom is -0.397 e. The van der Waals surface area contributed by atoms with Crippen LogP contribution in [0.4, 0.5) is 11.4 Å². The molecule has 1 amide bonds. The molecular weight excluding hydrogens is 314 g/mol. The number of anilines is 1. The smallest absolute Gasteiger partial charge is 0.271 e. The van der Waals surface area contributed by atoms with Crippen LogP contribution in [0.2, 0.25) is 5.02 Å². The van der Waals surface area contributed by atoms with Gasteiger partial charge in [0.15, 0.2) is 0 Å². The third kappa shape index (κ3) is 3.32. The van der Waals surface area contributed by atoms with Gasteiger partial charge in [0.1, 0.15) is 0 Å². The molecule has 0 fully saturated rings. The summed E-state index contributed by atoms with van der Waals surface area (Å²) < 4.78 is 0. The maximum atomic E-state index is 12.2. The number of hydrogen-bond acceptors (Lipinski definition) is 5. The van der Waals surface area contributed by atoms with Crippen LogP contribution in [-0.2, 0) is 0 Å². The Kier molecular flexibility index (Phi) is 4.44. The molecule has 1 heterocycles. The van der Waals surface area contributed by atoms with E-state index >= 15 is 0 Å². The average molecular weight is 326 g/mol. The number of nitrogens with two attached hydrogens (primary N) is 1. The van der Waals surface area contributed by atoms with Crippen molar-refractivity contribution in [1.29, 1.82) is 0 Å². The summed E-state index contributed by atoms with van der Waals surface area (Å²) >= 11 is 7.34. The van der Waals surface area contributed by atoms with Crippen molar-refractivity contribution in [1.82, 2.24) is 5.32 Å². The van der Waals surface area contributed by atoms with Gasteiger partial charge in [-0.2, -0.15) is 0 Å². The molecule has 2 rings (SSSR count). The van der Waals surface area contributed by atoms with Crippen LogP contribution in [0.25, 0.3) is 0 Å². The van der Waals surface area contributed by atoms with Crippen molar-refractivity contribution < 1.29 is 9.72 Å². The summed E-state index contributed by atoms with van der Waals surface area (Å²) in [6.45, 7) is 1.82. The van der Waals surface area contributed by atoms with E-state index in [4.69, 9.17) is 17.3 Å². The van der Waals surface area contributed by atoms with Gasteiger partial charge in [-0.15, -0.1) is 11.3 Å². The van der Waals surface area contributed by atoms with Gasteiger partial charge < -0.3 is 11.1 Å². The number of amides is 1. The first-order chi connectivity index (χ1) is 9.90. The van der Waals surface area contributed by atoms with Crippen LogP contribution in [0.1, 0.15) is 28.2 Å². The number of benzene rings is 1. The zero-order valence-electron chi connectivity index (χ0n) is 11.0. The molecule has 0 aliphatic heterocycles. The van der Waals surface area contributed by atoms with E-state index in [1.807, 2.05) is 24.4 Å². The van der Waals surface area contributed by atoms with E-state index in [0.717, 1.165) is 17.0 Å². The van der Waals surface area contributed by atoms with Crippen molar-refractivity contribution in [3.63, 3.8) is 0 Å². The Morgan fingerprint density at radius 1 is 1.52 bits per heavy atom. The van der Waals surface area contributed by atoms with Crippen LogP contribution in [0.3, 0.4) is 0 Å². The first-order valence-electron chi connectivity index (χ1n) is 5.98. The van der Waals surface area contributed by atoms with Crippen LogP contribution >= 0.6 is 22.9 Å². The molecule has 0 bridgehead atoms. The minimum absolute atomic E-state index is 0.00222. The average Bonchev–Trinajstić information content (AvgIpc) is 2.95. The standard InChI is InChI=1S/C13H12ClN3O3S/c1-7(11-3-2-4-21-11)16-13(18)9-5-8(17(19)20)6-10(14)12(9)15/h2-7H,15H2,1H3,(H,16,18). The SMILES string of the molecule is CC(NC(=O)c1cc([N+](=O)[O-])cc(Cl)c1N)c1cccs1. The van der Waals surface area contributed by atoms with Gasteiger partial charge in [0.25, 0.3) is 11.6 Å². The Hall–Kier alpha value is -2.12. The second kappa shape index (κ2) is 6.11. The van der Waals surface area contributed by atoms with Gasteiger partial charge in [-0.05, 0) is 18.4 Å². The van der Waals surface area contributed by atoms with Gasteiger partial charge in [-0.25, -0.2) is 0 Å². The number of nitrogens with zero attached hydrogens (tertiary/aromatic N) is 1. The molecule has 0 saturated heterocycles. The molecule has 1 aromatic carbocycles. The first kappa shape index (κ1) is 15.3. The molecule has 1 aromatic heterocycles. The highest BCUT2D eigenvalue weighted by atomic mass is 35.5. The van der Waals surface area contributed by atoms with E-state index in [1.54, 1.807) is 0 Å². The highest BCUT2D eigenvalue weighted by molar-refractivity contribution is 7.10. The third-order valence-corrected chi connectivity index (χ3v) is 4.26. The number of hydrogen-bond donors (Lipinski definition) is 2. The number of rotatable bonds is 4. The molecule has 1 atom stereocenters. The largest absolute Gasteiger partial charge is 0.397 e. The molecule has 8 heteroatoms. The fourth-order valence-corrected chi connectivity index (χ4v) is 2.73. The number of carbonyl (C=O) groups is 1. The molecule has 0 radical (unpaired) electrons. The van der Waals surface area contributed by atoms with Crippen LogP contribution in [0.15, 0.2) is 29.6 Å². The molecule has 21 heavy (non-hydrogen) atoms. The van der Waals surface area contributed by atoms with Gasteiger partial charge in [-0.1, -0.05) is 17.7 Å². The molecule has 0 spiro atoms. The molecule has 6 nitrogen and oxygen atoms in total. The van der Waals surface area contributed by atoms with Crippen molar-refractivity contribution >= 4 is 40.2 Å². The quantitative estimate of drug-likeness (QED) is 0.511. The molecular formula is C13H12ClN3O3S. The van der Waals surface area contributed by atoms with Crippen LogP contribution in [0, 0.1) is 10.1 Å². The summed E-state index contributed by atoms with van der Waals surface area (Å²) in [4.78, 5) is 23.4. The van der Waals surface area contributed by atoms with Crippen molar-refractivity contribution in [3.05, 3.63) is 55.2 Å². The molecule has 0 aliphatic rings. The van der Waals surface area contributed by atoms with Crippen LogP contribution in [-0.4, -0.2) is 10.8 Å². The number of halogens is 1. The molecule has 110 valence electrons. The Labute approximate surface area is 129 Å². The van der Waals surface area contributed by atoms with Gasteiger partial charge >= 0.3 is 0 Å². The topological polar surface area (TPSA) is 98.3 Å².